The summed E-state index contributed by atoms with van der Waals surface area (Å²) in [6.45, 7) is 6.80. The highest BCUT2D eigenvalue weighted by molar-refractivity contribution is 7.99. The Morgan fingerprint density at radius 1 is 1.28 bits per heavy atom. The van der Waals surface area contributed by atoms with Crippen molar-refractivity contribution in [3.63, 3.8) is 0 Å². The summed E-state index contributed by atoms with van der Waals surface area (Å²) in [5.74, 6) is 0.562. The molecule has 0 radical (unpaired) electrons. The fraction of sp³-hybridized carbons (Fsp3) is 0.368. The van der Waals surface area contributed by atoms with Crippen molar-refractivity contribution in [1.29, 1.82) is 0 Å². The van der Waals surface area contributed by atoms with Crippen molar-refractivity contribution < 1.29 is 14.3 Å². The van der Waals surface area contributed by atoms with Gasteiger partial charge in [0.25, 0.3) is 0 Å². The molecule has 0 spiro atoms. The molecule has 5 nitrogen and oxygen atoms in total. The van der Waals surface area contributed by atoms with Crippen LogP contribution in [0.3, 0.4) is 0 Å². The molecule has 3 rings (SSSR count). The highest BCUT2D eigenvalue weighted by atomic mass is 32.2. The van der Waals surface area contributed by atoms with E-state index in [-0.39, 0.29) is 11.8 Å². The zero-order valence-corrected chi connectivity index (χ0v) is 15.5. The van der Waals surface area contributed by atoms with Gasteiger partial charge >= 0.3 is 5.97 Å². The summed E-state index contributed by atoms with van der Waals surface area (Å²) in [7, 11) is 0. The molecule has 1 aromatic heterocycles. The van der Waals surface area contributed by atoms with Crippen LogP contribution >= 0.6 is 11.8 Å². The molecule has 132 valence electrons. The SMILES string of the molecule is CCOC(=O)c1c(C)[nH]c(C(=O)CN2CCSc3ccccc32)c1C. The van der Waals surface area contributed by atoms with Crippen LogP contribution in [0.5, 0.6) is 0 Å². The van der Waals surface area contributed by atoms with Gasteiger partial charge in [-0.1, -0.05) is 12.1 Å². The van der Waals surface area contributed by atoms with Crippen LogP contribution in [0.1, 0.15) is 39.0 Å². The predicted octanol–water partition coefficient (Wildman–Crippen LogP) is 3.60. The Bertz CT molecular complexity index is 813. The number of nitrogens with zero attached hydrogens (tertiary/aromatic N) is 1. The van der Waals surface area contributed by atoms with Gasteiger partial charge in [-0.3, -0.25) is 4.79 Å². The van der Waals surface area contributed by atoms with E-state index in [9.17, 15) is 9.59 Å². The Balaban J connectivity index is 1.83. The number of ether oxygens (including phenoxy) is 1. The second-order valence-electron chi connectivity index (χ2n) is 6.01. The number of fused-ring (bicyclic) bond motifs is 1. The van der Waals surface area contributed by atoms with Crippen molar-refractivity contribution in [3.05, 3.63) is 46.8 Å². The first-order chi connectivity index (χ1) is 12.0. The number of carbonyl (C=O) groups is 2. The zero-order valence-electron chi connectivity index (χ0n) is 14.7. The first-order valence-corrected chi connectivity index (χ1v) is 9.37. The number of anilines is 1. The van der Waals surface area contributed by atoms with Crippen LogP contribution in [0.25, 0.3) is 0 Å². The van der Waals surface area contributed by atoms with Crippen LogP contribution in [-0.2, 0) is 4.74 Å². The minimum atomic E-state index is -0.382. The van der Waals surface area contributed by atoms with Gasteiger partial charge in [0.1, 0.15) is 0 Å². The molecular formula is C19H22N2O3S. The van der Waals surface area contributed by atoms with Crippen LogP contribution in [0.2, 0.25) is 0 Å². The predicted molar refractivity (Wildman–Crippen MR) is 99.9 cm³/mol. The highest BCUT2D eigenvalue weighted by Gasteiger charge is 2.25. The third-order valence-corrected chi connectivity index (χ3v) is 5.40. The van der Waals surface area contributed by atoms with E-state index in [2.05, 4.69) is 16.0 Å². The number of carbonyl (C=O) groups excluding carboxylic acids is 2. The van der Waals surface area contributed by atoms with Crippen LogP contribution in [0.15, 0.2) is 29.2 Å². The van der Waals surface area contributed by atoms with Gasteiger partial charge in [-0.05, 0) is 38.5 Å². The molecule has 2 aromatic rings. The average molecular weight is 358 g/mol. The van der Waals surface area contributed by atoms with E-state index in [0.29, 0.717) is 35.7 Å². The Morgan fingerprint density at radius 3 is 2.80 bits per heavy atom. The molecule has 0 saturated carbocycles. The fourth-order valence-electron chi connectivity index (χ4n) is 3.18. The lowest BCUT2D eigenvalue weighted by molar-refractivity contribution is 0.0525. The van der Waals surface area contributed by atoms with E-state index in [1.807, 2.05) is 30.0 Å². The zero-order chi connectivity index (χ0) is 18.0. The molecule has 0 fully saturated rings. The summed E-state index contributed by atoms with van der Waals surface area (Å²) in [5, 5.41) is 0. The molecule has 6 heteroatoms. The van der Waals surface area contributed by atoms with Crippen molar-refractivity contribution in [1.82, 2.24) is 4.98 Å². The van der Waals surface area contributed by atoms with Crippen molar-refractivity contribution in [2.24, 2.45) is 0 Å². The molecule has 2 heterocycles. The Labute approximate surface area is 151 Å². The lowest BCUT2D eigenvalue weighted by Gasteiger charge is -2.30. The Hall–Kier alpha value is -2.21. The van der Waals surface area contributed by atoms with Crippen LogP contribution in [-0.4, -0.2) is 42.2 Å². The minimum absolute atomic E-state index is 0.0159. The molecule has 0 amide bonds. The number of hydrogen-bond acceptors (Lipinski definition) is 5. The number of H-pyrrole nitrogens is 1. The Morgan fingerprint density at radius 2 is 2.04 bits per heavy atom. The quantitative estimate of drug-likeness (QED) is 0.653. The molecule has 0 aliphatic carbocycles. The van der Waals surface area contributed by atoms with Crippen LogP contribution in [0, 0.1) is 13.8 Å². The number of Topliss-reactive ketones (excluding diaryl/α,β-unsaturated/α-hetero) is 1. The van der Waals surface area contributed by atoms with E-state index in [4.69, 9.17) is 4.74 Å². The molecular weight excluding hydrogens is 336 g/mol. The number of thioether (sulfide) groups is 1. The summed E-state index contributed by atoms with van der Waals surface area (Å²) in [4.78, 5) is 31.4. The summed E-state index contributed by atoms with van der Waals surface area (Å²) in [6, 6.07) is 8.14. The van der Waals surface area contributed by atoms with Crippen LogP contribution < -0.4 is 4.90 Å². The normalized spacial score (nSPS) is 13.5. The number of ketones is 1. The number of hydrogen-bond donors (Lipinski definition) is 1. The van der Waals surface area contributed by atoms with Crippen molar-refractivity contribution >= 4 is 29.2 Å². The molecule has 0 atom stereocenters. The second-order valence-corrected chi connectivity index (χ2v) is 7.14. The molecule has 1 aliphatic rings. The summed E-state index contributed by atoms with van der Waals surface area (Å²) in [5.41, 5.74) is 3.41. The molecule has 1 aliphatic heterocycles. The second kappa shape index (κ2) is 7.35. The topological polar surface area (TPSA) is 62.4 Å². The first-order valence-electron chi connectivity index (χ1n) is 8.39. The number of nitrogens with one attached hydrogen (secondary N) is 1. The number of aryl methyl sites for hydroxylation is 1. The number of aromatic nitrogens is 1. The smallest absolute Gasteiger partial charge is 0.340 e. The monoisotopic (exact) mass is 358 g/mol. The van der Waals surface area contributed by atoms with Gasteiger partial charge in [0.05, 0.1) is 30.1 Å². The van der Waals surface area contributed by atoms with E-state index in [0.717, 1.165) is 18.0 Å². The van der Waals surface area contributed by atoms with Gasteiger partial charge < -0.3 is 14.6 Å². The Kier molecular flexibility index (Phi) is 5.18. The van der Waals surface area contributed by atoms with E-state index < -0.39 is 0 Å². The van der Waals surface area contributed by atoms with Gasteiger partial charge in [0.2, 0.25) is 0 Å². The van der Waals surface area contributed by atoms with Crippen molar-refractivity contribution in [2.75, 3.05) is 30.3 Å². The molecule has 0 bridgehead atoms. The number of benzene rings is 1. The maximum absolute atomic E-state index is 12.9. The third kappa shape index (κ3) is 3.44. The van der Waals surface area contributed by atoms with Crippen LogP contribution in [0.4, 0.5) is 5.69 Å². The van der Waals surface area contributed by atoms with Gasteiger partial charge in [0.15, 0.2) is 5.78 Å². The number of esters is 1. The maximum atomic E-state index is 12.9. The highest BCUT2D eigenvalue weighted by Crippen LogP contribution is 2.34. The van der Waals surface area contributed by atoms with Crippen molar-refractivity contribution in [2.45, 2.75) is 25.7 Å². The van der Waals surface area contributed by atoms with Gasteiger partial charge in [-0.2, -0.15) is 0 Å². The average Bonchev–Trinajstić information content (AvgIpc) is 2.90. The van der Waals surface area contributed by atoms with E-state index in [1.54, 1.807) is 20.8 Å². The van der Waals surface area contributed by atoms with Gasteiger partial charge in [-0.15, -0.1) is 11.8 Å². The largest absolute Gasteiger partial charge is 0.462 e. The maximum Gasteiger partial charge on any atom is 0.340 e. The van der Waals surface area contributed by atoms with Gasteiger partial charge in [0, 0.05) is 22.9 Å². The standard InChI is InChI=1S/C19H22N2O3S/c1-4-24-19(23)17-12(2)18(20-13(17)3)15(22)11-21-9-10-25-16-8-6-5-7-14(16)21/h5-8,20H,4,9-11H2,1-3H3. The molecule has 1 aromatic carbocycles. The summed E-state index contributed by atoms with van der Waals surface area (Å²) < 4.78 is 5.10. The third-order valence-electron chi connectivity index (χ3n) is 4.36. The number of rotatable bonds is 5. The molecule has 0 unspecified atom stereocenters. The lowest BCUT2D eigenvalue weighted by Crippen LogP contribution is -2.34. The summed E-state index contributed by atoms with van der Waals surface area (Å²) >= 11 is 1.81. The fourth-order valence-corrected chi connectivity index (χ4v) is 4.23. The molecule has 0 saturated heterocycles. The molecule has 1 N–H and O–H groups in total. The number of para-hydroxylation sites is 1. The van der Waals surface area contributed by atoms with E-state index in [1.165, 1.54) is 4.90 Å². The molecule has 25 heavy (non-hydrogen) atoms. The van der Waals surface area contributed by atoms with E-state index >= 15 is 0 Å². The summed E-state index contributed by atoms with van der Waals surface area (Å²) in [6.07, 6.45) is 0. The lowest BCUT2D eigenvalue weighted by atomic mass is 10.1. The number of aromatic amines is 1. The van der Waals surface area contributed by atoms with Crippen molar-refractivity contribution in [3.8, 4) is 0 Å². The minimum Gasteiger partial charge on any atom is -0.462 e. The first kappa shape index (κ1) is 17.6. The van der Waals surface area contributed by atoms with Gasteiger partial charge in [-0.25, -0.2) is 4.79 Å².